The Balaban J connectivity index is 0.000000550. The van der Waals surface area contributed by atoms with Crippen LogP contribution < -0.4 is 9.62 Å². The molecule has 0 spiro atoms. The molecule has 1 amide bonds. The van der Waals surface area contributed by atoms with Gasteiger partial charge in [0.25, 0.3) is 0 Å². The number of hydrogen-bond donors (Lipinski definition) is 1. The molecule has 1 aromatic carbocycles. The number of carbonyl (C=O) groups excluding carboxylic acids is 1. The number of hydrogen-bond acceptors (Lipinski definition) is 4. The first kappa shape index (κ1) is 20.6. The number of fused-ring (bicyclic) bond motifs is 1. The number of diazo groups is 1. The minimum atomic E-state index is -6.00. The fourth-order valence-corrected chi connectivity index (χ4v) is 2.85. The zero-order chi connectivity index (χ0) is 19.0. The van der Waals surface area contributed by atoms with Crippen LogP contribution in [0.3, 0.4) is 0 Å². The molecule has 1 heterocycles. The zero-order valence-corrected chi connectivity index (χ0v) is 13.9. The second-order valence-corrected chi connectivity index (χ2v) is 5.63. The summed E-state index contributed by atoms with van der Waals surface area (Å²) in [6, 6.07) is 4.83. The Morgan fingerprint density at radius 2 is 1.84 bits per heavy atom. The molecule has 25 heavy (non-hydrogen) atoms. The van der Waals surface area contributed by atoms with Crippen molar-refractivity contribution in [1.82, 2.24) is 4.72 Å². The molecule has 5 nitrogen and oxygen atoms in total. The van der Waals surface area contributed by atoms with Crippen LogP contribution in [0.15, 0.2) is 48.4 Å². The Hall–Kier alpha value is -2.48. The van der Waals surface area contributed by atoms with Crippen molar-refractivity contribution in [2.45, 2.75) is 10.9 Å². The maximum atomic E-state index is 11.6. The molecule has 1 unspecified atom stereocenters. The molecule has 1 N–H and O–H groups in total. The van der Waals surface area contributed by atoms with E-state index in [2.05, 4.69) is 27.8 Å². The first-order valence-corrected chi connectivity index (χ1v) is 7.81. The largest absolute Gasteiger partial charge is 0.673 e. The quantitative estimate of drug-likeness (QED) is 0.276. The maximum Gasteiger partial charge on any atom is 0.673 e. The highest BCUT2D eigenvalue weighted by atomic mass is 32.2. The number of nitrogens with one attached hydrogen (secondary N) is 1. The normalized spacial score (nSPS) is 15.6. The topological polar surface area (TPSA) is 60.5 Å². The SMILES string of the molecule is C=CCN(CC=C)c1ccc2c(c1)SNC(=O)C2[N+]#N.F[B-](F)(F)F. The molecule has 11 heteroatoms. The van der Waals surface area contributed by atoms with E-state index in [9.17, 15) is 22.1 Å². The van der Waals surface area contributed by atoms with Crippen LogP contribution in [0.1, 0.15) is 11.6 Å². The summed E-state index contributed by atoms with van der Waals surface area (Å²) >= 11 is 1.23. The summed E-state index contributed by atoms with van der Waals surface area (Å²) in [5, 5.41) is 8.97. The summed E-state index contributed by atoms with van der Waals surface area (Å²) in [6.07, 6.45) is 3.65. The van der Waals surface area contributed by atoms with Crippen LogP contribution in [-0.4, -0.2) is 26.3 Å². The predicted octanol–water partition coefficient (Wildman–Crippen LogP) is 4.20. The molecule has 0 radical (unpaired) electrons. The Kier molecular flexibility index (Phi) is 7.51. The van der Waals surface area contributed by atoms with Crippen LogP contribution in [-0.2, 0) is 4.79 Å². The molecule has 0 saturated carbocycles. The Morgan fingerprint density at radius 3 is 2.32 bits per heavy atom. The third kappa shape index (κ3) is 6.50. The van der Waals surface area contributed by atoms with Gasteiger partial charge >= 0.3 is 19.2 Å². The summed E-state index contributed by atoms with van der Waals surface area (Å²) in [5.74, 6) is -0.313. The number of nitrogens with zero attached hydrogens (tertiary/aromatic N) is 3. The number of rotatable bonds is 5. The van der Waals surface area contributed by atoms with Gasteiger partial charge in [-0.2, -0.15) is 0 Å². The Labute approximate surface area is 146 Å². The average Bonchev–Trinajstić information content (AvgIpc) is 2.52. The number of anilines is 1. The second kappa shape index (κ2) is 9.12. The molecule has 1 aliphatic heterocycles. The fraction of sp³-hybridized carbons (Fsp3) is 0.214. The molecule has 1 aromatic rings. The lowest BCUT2D eigenvalue weighted by Crippen LogP contribution is -2.28. The van der Waals surface area contributed by atoms with Gasteiger partial charge in [0.1, 0.15) is 4.98 Å². The lowest BCUT2D eigenvalue weighted by atomic mass is 10.1. The van der Waals surface area contributed by atoms with E-state index < -0.39 is 13.3 Å². The fourth-order valence-electron chi connectivity index (χ4n) is 2.05. The molecule has 0 aliphatic carbocycles. The number of benzene rings is 1. The maximum absolute atomic E-state index is 11.6. The Morgan fingerprint density at radius 1 is 1.28 bits per heavy atom. The van der Waals surface area contributed by atoms with E-state index in [1.807, 2.05) is 30.4 Å². The first-order chi connectivity index (χ1) is 11.7. The van der Waals surface area contributed by atoms with Gasteiger partial charge in [0.15, 0.2) is 0 Å². The van der Waals surface area contributed by atoms with Gasteiger partial charge in [-0.1, -0.05) is 12.2 Å². The van der Waals surface area contributed by atoms with Crippen molar-refractivity contribution in [3.63, 3.8) is 0 Å². The van der Waals surface area contributed by atoms with Gasteiger partial charge in [0.05, 0.1) is 5.56 Å². The second-order valence-electron chi connectivity index (χ2n) is 4.79. The van der Waals surface area contributed by atoms with Gasteiger partial charge in [-0.25, -0.2) is 0 Å². The number of amides is 1. The van der Waals surface area contributed by atoms with E-state index in [0.29, 0.717) is 18.7 Å². The van der Waals surface area contributed by atoms with Gasteiger partial charge in [0.2, 0.25) is 5.39 Å². The van der Waals surface area contributed by atoms with Crippen LogP contribution in [0, 0.1) is 5.39 Å². The molecule has 2 rings (SSSR count). The highest BCUT2D eigenvalue weighted by molar-refractivity contribution is 7.98. The monoisotopic (exact) mass is 374 g/mol. The summed E-state index contributed by atoms with van der Waals surface area (Å²) in [7, 11) is -6.00. The van der Waals surface area contributed by atoms with Crippen LogP contribution >= 0.6 is 11.9 Å². The van der Waals surface area contributed by atoms with Gasteiger partial charge in [-0.3, -0.25) is 9.52 Å². The average molecular weight is 374 g/mol. The highest BCUT2D eigenvalue weighted by Crippen LogP contribution is 2.36. The summed E-state index contributed by atoms with van der Waals surface area (Å²) in [6.45, 7) is 8.90. The van der Waals surface area contributed by atoms with Gasteiger partial charge in [0, 0.05) is 23.7 Å². The summed E-state index contributed by atoms with van der Waals surface area (Å²) in [5.41, 5.74) is 1.71. The van der Waals surface area contributed by atoms with Crippen molar-refractivity contribution in [3.8, 4) is 0 Å². The standard InChI is InChI=1S/C14H14N4OS.BF4/c1-3-7-18(8-4-2)10-5-6-11-12(9-10)20-17-14(19)13(11)16-15;2-1(3,4)5/h3-6,9,13H,1-2,7-8H2;/q;-1/p+1. The van der Waals surface area contributed by atoms with E-state index in [1.54, 1.807) is 0 Å². The lowest BCUT2D eigenvalue weighted by Gasteiger charge is -2.23. The smallest absolute Gasteiger partial charge is 0.418 e. The Bertz CT molecular complexity index is 676. The minimum Gasteiger partial charge on any atom is -0.418 e. The van der Waals surface area contributed by atoms with Gasteiger partial charge in [-0.15, -0.1) is 13.2 Å². The third-order valence-electron chi connectivity index (χ3n) is 2.98. The van der Waals surface area contributed by atoms with Crippen molar-refractivity contribution in [2.75, 3.05) is 18.0 Å². The number of halogens is 4. The molecule has 0 aromatic heterocycles. The minimum absolute atomic E-state index is 0.313. The molecular weight excluding hydrogens is 359 g/mol. The zero-order valence-electron chi connectivity index (χ0n) is 13.0. The van der Waals surface area contributed by atoms with Crippen LogP contribution in [0.25, 0.3) is 4.98 Å². The van der Waals surface area contributed by atoms with Crippen LogP contribution in [0.5, 0.6) is 0 Å². The van der Waals surface area contributed by atoms with Crippen molar-refractivity contribution < 1.29 is 22.1 Å². The highest BCUT2D eigenvalue weighted by Gasteiger charge is 2.39. The first-order valence-electron chi connectivity index (χ1n) is 7.00. The molecule has 0 saturated heterocycles. The molecule has 134 valence electrons. The van der Waals surface area contributed by atoms with Crippen molar-refractivity contribution in [2.24, 2.45) is 0 Å². The molecule has 1 atom stereocenters. The lowest BCUT2D eigenvalue weighted by molar-refractivity contribution is -0.119. The molecule has 0 bridgehead atoms. The van der Waals surface area contributed by atoms with E-state index in [4.69, 9.17) is 5.39 Å². The van der Waals surface area contributed by atoms with E-state index in [1.165, 1.54) is 11.9 Å². The number of carbonyl (C=O) groups is 1. The van der Waals surface area contributed by atoms with Crippen molar-refractivity contribution >= 4 is 30.8 Å². The summed E-state index contributed by atoms with van der Waals surface area (Å²) < 4.78 is 41.6. The molecule has 0 fully saturated rings. The van der Waals surface area contributed by atoms with Crippen LogP contribution in [0.4, 0.5) is 23.0 Å². The van der Waals surface area contributed by atoms with Gasteiger partial charge in [-0.05, 0) is 30.1 Å². The predicted molar refractivity (Wildman–Crippen MR) is 91.1 cm³/mol. The molecular formula is C14H15BF4N4OS. The van der Waals surface area contributed by atoms with E-state index in [0.717, 1.165) is 10.6 Å². The summed E-state index contributed by atoms with van der Waals surface area (Å²) in [4.78, 5) is 17.7. The van der Waals surface area contributed by atoms with Gasteiger partial charge < -0.3 is 22.2 Å². The third-order valence-corrected chi connectivity index (χ3v) is 3.86. The van der Waals surface area contributed by atoms with E-state index in [-0.39, 0.29) is 5.91 Å². The molecule has 1 aliphatic rings. The van der Waals surface area contributed by atoms with Crippen molar-refractivity contribution in [1.29, 1.82) is 5.39 Å². The van der Waals surface area contributed by atoms with Crippen LogP contribution in [0.2, 0.25) is 0 Å². The van der Waals surface area contributed by atoms with Crippen molar-refractivity contribution in [3.05, 3.63) is 54.0 Å². The van der Waals surface area contributed by atoms with E-state index >= 15 is 0 Å².